The maximum Gasteiger partial charge on any atom is 0.347 e. The highest BCUT2D eigenvalue weighted by Crippen LogP contribution is 2.45. The van der Waals surface area contributed by atoms with Crippen molar-refractivity contribution in [2.24, 2.45) is 13.0 Å². The van der Waals surface area contributed by atoms with E-state index in [1.807, 2.05) is 0 Å². The summed E-state index contributed by atoms with van der Waals surface area (Å²) >= 11 is 0. The Hall–Kier alpha value is -1.30. The van der Waals surface area contributed by atoms with Gasteiger partial charge in [0, 0.05) is 19.6 Å². The summed E-state index contributed by atoms with van der Waals surface area (Å²) in [5, 5.41) is 9.17. The second-order valence-electron chi connectivity index (χ2n) is 4.45. The van der Waals surface area contributed by atoms with E-state index in [-0.39, 0.29) is 36.0 Å². The number of hydrogen-bond acceptors (Lipinski definition) is 3. The molecule has 0 saturated heterocycles. The van der Waals surface area contributed by atoms with Crippen molar-refractivity contribution in [3.05, 3.63) is 21.0 Å². The van der Waals surface area contributed by atoms with Gasteiger partial charge in [-0.15, -0.1) is 0 Å². The molecule has 15 heavy (non-hydrogen) atoms. The third kappa shape index (κ3) is 0.878. The van der Waals surface area contributed by atoms with Gasteiger partial charge in [-0.25, -0.2) is 23.5 Å². The molecule has 6 heteroatoms. The van der Waals surface area contributed by atoms with Crippen LogP contribution in [0.1, 0.15) is 24.9 Å². The van der Waals surface area contributed by atoms with Gasteiger partial charge in [0.25, 0.3) is 0 Å². The van der Waals surface area contributed by atoms with Gasteiger partial charge < -0.3 is 5.11 Å². The lowest BCUT2D eigenvalue weighted by molar-refractivity contribution is 0.164. The summed E-state index contributed by atoms with van der Waals surface area (Å²) in [7, 11) is 1.50. The topological polar surface area (TPSA) is 69.2 Å². The summed E-state index contributed by atoms with van der Waals surface area (Å²) in [6.07, 6.45) is 1.63. The minimum atomic E-state index is -0.259. The third-order valence-corrected chi connectivity index (χ3v) is 3.73. The van der Waals surface area contributed by atoms with E-state index in [9.17, 15) is 14.7 Å². The molecule has 2 bridgehead atoms. The second kappa shape index (κ2) is 2.63. The van der Waals surface area contributed by atoms with Crippen LogP contribution in [0, 0.1) is 5.92 Å². The molecule has 6 nitrogen and oxygen atoms in total. The molecule has 0 radical (unpaired) electrons. The predicted molar refractivity (Wildman–Crippen MR) is 51.8 cm³/mol. The van der Waals surface area contributed by atoms with Crippen molar-refractivity contribution in [2.45, 2.75) is 24.9 Å². The molecule has 2 aliphatic rings. The third-order valence-electron chi connectivity index (χ3n) is 3.73. The second-order valence-corrected chi connectivity index (χ2v) is 4.45. The largest absolute Gasteiger partial charge is 0.396 e. The molecule has 0 amide bonds. The molecule has 3 atom stereocenters. The molecule has 0 aromatic carbocycles. The van der Waals surface area contributed by atoms with Gasteiger partial charge in [-0.2, -0.15) is 0 Å². The zero-order chi connectivity index (χ0) is 10.7. The Morgan fingerprint density at radius 1 is 1.27 bits per heavy atom. The van der Waals surface area contributed by atoms with Gasteiger partial charge in [-0.1, -0.05) is 0 Å². The molecule has 1 aliphatic heterocycles. The van der Waals surface area contributed by atoms with Gasteiger partial charge >= 0.3 is 11.4 Å². The molecule has 1 aromatic rings. The van der Waals surface area contributed by atoms with Crippen molar-refractivity contribution in [1.29, 1.82) is 0 Å². The number of aliphatic hydroxyl groups excluding tert-OH is 1. The Labute approximate surface area is 85.3 Å². The first-order valence-electron chi connectivity index (χ1n) is 5.16. The first kappa shape index (κ1) is 8.96. The van der Waals surface area contributed by atoms with Crippen LogP contribution in [-0.4, -0.2) is 25.6 Å². The van der Waals surface area contributed by atoms with E-state index in [2.05, 4.69) is 0 Å². The molecule has 1 aromatic heterocycles. The van der Waals surface area contributed by atoms with Crippen LogP contribution in [0.15, 0.2) is 9.59 Å². The Balaban J connectivity index is 2.26. The van der Waals surface area contributed by atoms with Crippen molar-refractivity contribution in [2.75, 3.05) is 6.61 Å². The average molecular weight is 211 g/mol. The molecule has 1 aliphatic carbocycles. The van der Waals surface area contributed by atoms with Crippen LogP contribution in [0.2, 0.25) is 0 Å². The fourth-order valence-electron chi connectivity index (χ4n) is 2.98. The summed E-state index contributed by atoms with van der Waals surface area (Å²) in [4.78, 5) is 23.5. The van der Waals surface area contributed by atoms with Crippen LogP contribution < -0.4 is 11.4 Å². The van der Waals surface area contributed by atoms with Crippen molar-refractivity contribution >= 4 is 0 Å². The quantitative estimate of drug-likeness (QED) is 0.637. The van der Waals surface area contributed by atoms with Crippen LogP contribution in [0.5, 0.6) is 0 Å². The standard InChI is InChI=1S/C9H13N3O3/c1-10-8(14)11-6-2-5(4-13)7(3-6)12(11)9(10)15/h5-7,13H,2-4H2,1H3/t5-,6-,7-/m0/s1. The lowest BCUT2D eigenvalue weighted by Gasteiger charge is -2.21. The fourth-order valence-corrected chi connectivity index (χ4v) is 2.98. The summed E-state index contributed by atoms with van der Waals surface area (Å²) in [5.74, 6) is 0.134. The van der Waals surface area contributed by atoms with E-state index < -0.39 is 0 Å². The Bertz CT molecular complexity index is 524. The van der Waals surface area contributed by atoms with E-state index >= 15 is 0 Å². The maximum absolute atomic E-state index is 11.8. The zero-order valence-corrected chi connectivity index (χ0v) is 8.46. The van der Waals surface area contributed by atoms with E-state index in [1.54, 1.807) is 4.68 Å². The molecule has 0 spiro atoms. The summed E-state index contributed by atoms with van der Waals surface area (Å²) in [6, 6.07) is 0.120. The van der Waals surface area contributed by atoms with Crippen LogP contribution in [0.3, 0.4) is 0 Å². The first-order chi connectivity index (χ1) is 7.15. The smallest absolute Gasteiger partial charge is 0.347 e. The van der Waals surface area contributed by atoms with Crippen molar-refractivity contribution in [3.63, 3.8) is 0 Å². The van der Waals surface area contributed by atoms with Crippen molar-refractivity contribution < 1.29 is 5.11 Å². The summed E-state index contributed by atoms with van der Waals surface area (Å²) in [5.41, 5.74) is -0.491. The Morgan fingerprint density at radius 3 is 2.60 bits per heavy atom. The molecule has 1 saturated carbocycles. The van der Waals surface area contributed by atoms with E-state index in [1.165, 1.54) is 11.7 Å². The molecule has 3 rings (SSSR count). The van der Waals surface area contributed by atoms with Crippen molar-refractivity contribution in [3.8, 4) is 0 Å². The van der Waals surface area contributed by atoms with Gasteiger partial charge in [-0.3, -0.25) is 0 Å². The highest BCUT2D eigenvalue weighted by atomic mass is 16.3. The molecule has 1 fully saturated rings. The normalized spacial score (nSPS) is 32.3. The maximum atomic E-state index is 11.8. The van der Waals surface area contributed by atoms with Crippen LogP contribution in [0.4, 0.5) is 0 Å². The highest BCUT2D eigenvalue weighted by molar-refractivity contribution is 4.98. The fraction of sp³-hybridized carbons (Fsp3) is 0.778. The average Bonchev–Trinajstić information content (AvgIpc) is 2.86. The highest BCUT2D eigenvalue weighted by Gasteiger charge is 2.46. The number of hydrogen-bond donors (Lipinski definition) is 1. The minimum Gasteiger partial charge on any atom is -0.396 e. The van der Waals surface area contributed by atoms with Crippen LogP contribution >= 0.6 is 0 Å². The zero-order valence-electron chi connectivity index (χ0n) is 8.46. The Kier molecular flexibility index (Phi) is 1.57. The number of aliphatic hydroxyl groups is 1. The predicted octanol–water partition coefficient (Wildman–Crippen LogP) is -1.15. The van der Waals surface area contributed by atoms with Gasteiger partial charge in [0.05, 0.1) is 12.1 Å². The lowest BCUT2D eigenvalue weighted by atomic mass is 10.0. The molecule has 0 unspecified atom stereocenters. The van der Waals surface area contributed by atoms with Crippen LogP contribution in [0.25, 0.3) is 0 Å². The molecular weight excluding hydrogens is 198 g/mol. The van der Waals surface area contributed by atoms with E-state index in [0.29, 0.717) is 0 Å². The Morgan fingerprint density at radius 2 is 1.93 bits per heavy atom. The molecule has 82 valence electrons. The lowest BCUT2D eigenvalue weighted by Crippen LogP contribution is -2.33. The van der Waals surface area contributed by atoms with Gasteiger partial charge in [-0.05, 0) is 12.8 Å². The number of rotatable bonds is 1. The monoisotopic (exact) mass is 211 g/mol. The van der Waals surface area contributed by atoms with Crippen LogP contribution in [-0.2, 0) is 7.05 Å². The SMILES string of the molecule is Cn1c(=O)n2n(c1=O)[C@H]1C[C@@H]2C[C@H]1CO. The van der Waals surface area contributed by atoms with E-state index in [0.717, 1.165) is 17.4 Å². The molecule has 1 N–H and O–H groups in total. The number of nitrogens with zero attached hydrogens (tertiary/aromatic N) is 3. The number of aromatic nitrogens is 3. The van der Waals surface area contributed by atoms with E-state index in [4.69, 9.17) is 0 Å². The van der Waals surface area contributed by atoms with Gasteiger partial charge in [0.1, 0.15) is 0 Å². The van der Waals surface area contributed by atoms with Gasteiger partial charge in [0.2, 0.25) is 0 Å². The molecule has 2 heterocycles. The van der Waals surface area contributed by atoms with Crippen molar-refractivity contribution in [1.82, 2.24) is 13.9 Å². The minimum absolute atomic E-state index is 0.0152. The van der Waals surface area contributed by atoms with Gasteiger partial charge in [0.15, 0.2) is 0 Å². The number of fused-ring (bicyclic) bond motifs is 5. The summed E-state index contributed by atoms with van der Waals surface area (Å²) in [6.45, 7) is 0.0939. The summed E-state index contributed by atoms with van der Waals surface area (Å²) < 4.78 is 4.22. The molecular formula is C9H13N3O3. The first-order valence-corrected chi connectivity index (χ1v) is 5.16.